The number of halogens is 2. The van der Waals surface area contributed by atoms with E-state index < -0.39 is 5.56 Å². The number of hydrogen-bond donors (Lipinski definition) is 0. The molecule has 0 fully saturated rings. The van der Waals surface area contributed by atoms with E-state index in [0.29, 0.717) is 28.1 Å². The number of aryl methyl sites for hydroxylation is 2. The summed E-state index contributed by atoms with van der Waals surface area (Å²) in [4.78, 5) is 31.2. The molecule has 3 aromatic heterocycles. The van der Waals surface area contributed by atoms with Crippen molar-refractivity contribution in [1.29, 1.82) is 0 Å². The molecule has 0 amide bonds. The zero-order chi connectivity index (χ0) is 25.3. The van der Waals surface area contributed by atoms with Crippen LogP contribution >= 0.6 is 23.2 Å². The smallest absolute Gasteiger partial charge is 0.280 e. The zero-order valence-electron chi connectivity index (χ0n) is 20.1. The number of nitrogens with zero attached hydrogens (tertiary/aromatic N) is 5. The Bertz CT molecular complexity index is 1460. The Hall–Kier alpha value is -3.29. The lowest BCUT2D eigenvalue weighted by molar-refractivity contribution is 0.287. The first-order valence-electron chi connectivity index (χ1n) is 11.0. The van der Waals surface area contributed by atoms with Gasteiger partial charge in [-0.1, -0.05) is 56.1 Å². The van der Waals surface area contributed by atoms with Gasteiger partial charge in [-0.05, 0) is 44.2 Å². The van der Waals surface area contributed by atoms with Crippen molar-refractivity contribution < 1.29 is 4.74 Å². The highest BCUT2D eigenvalue weighted by molar-refractivity contribution is 6.33. The Balaban J connectivity index is 1.72. The maximum atomic E-state index is 13.3. The summed E-state index contributed by atoms with van der Waals surface area (Å²) < 4.78 is 7.10. The van der Waals surface area contributed by atoms with Gasteiger partial charge in [-0.25, -0.2) is 9.97 Å². The van der Waals surface area contributed by atoms with E-state index in [4.69, 9.17) is 32.9 Å². The fraction of sp³-hybridized carbons (Fsp3) is 0.269. The van der Waals surface area contributed by atoms with Crippen LogP contribution in [0.4, 0.5) is 0 Å². The van der Waals surface area contributed by atoms with Gasteiger partial charge in [0.15, 0.2) is 5.02 Å². The summed E-state index contributed by atoms with van der Waals surface area (Å²) >= 11 is 12.9. The lowest BCUT2D eigenvalue weighted by Crippen LogP contribution is -2.24. The van der Waals surface area contributed by atoms with Crippen LogP contribution in [0.15, 0.2) is 53.5 Å². The van der Waals surface area contributed by atoms with Gasteiger partial charge in [0.05, 0.1) is 22.1 Å². The number of ether oxygens (including phenoxy) is 1. The van der Waals surface area contributed by atoms with Crippen molar-refractivity contribution in [3.8, 4) is 22.8 Å². The molecule has 180 valence electrons. The third-order valence-electron chi connectivity index (χ3n) is 5.28. The predicted molar refractivity (Wildman–Crippen MR) is 138 cm³/mol. The van der Waals surface area contributed by atoms with E-state index in [1.807, 2.05) is 37.3 Å². The molecule has 1 aromatic carbocycles. The first-order valence-corrected chi connectivity index (χ1v) is 11.8. The third-order valence-corrected chi connectivity index (χ3v) is 5.92. The Morgan fingerprint density at radius 2 is 1.77 bits per heavy atom. The first-order chi connectivity index (χ1) is 16.5. The van der Waals surface area contributed by atoms with Crippen molar-refractivity contribution in [3.05, 3.63) is 92.1 Å². The van der Waals surface area contributed by atoms with Gasteiger partial charge in [0.25, 0.3) is 5.56 Å². The highest BCUT2D eigenvalue weighted by Gasteiger charge is 2.20. The van der Waals surface area contributed by atoms with Crippen LogP contribution < -0.4 is 10.3 Å². The van der Waals surface area contributed by atoms with Gasteiger partial charge < -0.3 is 4.74 Å². The van der Waals surface area contributed by atoms with E-state index in [-0.39, 0.29) is 22.9 Å². The average molecular weight is 510 g/mol. The minimum Gasteiger partial charge on any atom is -0.470 e. The van der Waals surface area contributed by atoms with E-state index in [1.165, 1.54) is 4.57 Å². The lowest BCUT2D eigenvalue weighted by atomic mass is 9.95. The molecule has 35 heavy (non-hydrogen) atoms. The van der Waals surface area contributed by atoms with Gasteiger partial charge in [-0.15, -0.1) is 0 Å². The van der Waals surface area contributed by atoms with Crippen molar-refractivity contribution in [2.24, 2.45) is 0 Å². The van der Waals surface area contributed by atoms with E-state index >= 15 is 0 Å². The Kier molecular flexibility index (Phi) is 6.92. The standard InChI is InChI=1S/C26H25Cl2N5O2/c1-15-7-6-8-18(30-15)14-35-23-22(28)24(34)33(16(2)31-23)21-13-17(9-10-19(21)27)20-11-12-29-25(32-20)26(3,4)5/h6-13H,14H2,1-5H3. The van der Waals surface area contributed by atoms with Crippen LogP contribution in [0, 0.1) is 13.8 Å². The summed E-state index contributed by atoms with van der Waals surface area (Å²) in [5, 5.41) is 0.237. The first kappa shape index (κ1) is 24.8. The minimum atomic E-state index is -0.483. The summed E-state index contributed by atoms with van der Waals surface area (Å²) in [5.41, 5.74) is 2.83. The van der Waals surface area contributed by atoms with Gasteiger partial charge in [0, 0.05) is 22.9 Å². The Labute approximate surface area is 213 Å². The van der Waals surface area contributed by atoms with Crippen molar-refractivity contribution in [3.63, 3.8) is 0 Å². The second kappa shape index (κ2) is 9.76. The van der Waals surface area contributed by atoms with E-state index in [0.717, 1.165) is 17.0 Å². The second-order valence-electron chi connectivity index (χ2n) is 9.16. The number of benzene rings is 1. The predicted octanol–water partition coefficient (Wildman–Crippen LogP) is 5.88. The van der Waals surface area contributed by atoms with E-state index in [1.54, 1.807) is 25.3 Å². The van der Waals surface area contributed by atoms with Crippen LogP contribution in [0.3, 0.4) is 0 Å². The highest BCUT2D eigenvalue weighted by atomic mass is 35.5. The third kappa shape index (κ3) is 5.36. The fourth-order valence-electron chi connectivity index (χ4n) is 3.51. The van der Waals surface area contributed by atoms with Crippen LogP contribution in [0.2, 0.25) is 10.0 Å². The summed E-state index contributed by atoms with van der Waals surface area (Å²) in [6, 6.07) is 12.8. The molecular formula is C26H25Cl2N5O2. The maximum absolute atomic E-state index is 13.3. The summed E-state index contributed by atoms with van der Waals surface area (Å²) in [5.74, 6) is 1.14. The Morgan fingerprint density at radius 3 is 2.49 bits per heavy atom. The topological polar surface area (TPSA) is 82.8 Å². The largest absolute Gasteiger partial charge is 0.470 e. The molecule has 0 aliphatic rings. The average Bonchev–Trinajstić information content (AvgIpc) is 2.81. The van der Waals surface area contributed by atoms with Gasteiger partial charge in [0.1, 0.15) is 18.3 Å². The molecule has 4 rings (SSSR count). The second-order valence-corrected chi connectivity index (χ2v) is 9.94. The molecule has 9 heteroatoms. The molecule has 3 heterocycles. The Morgan fingerprint density at radius 1 is 1.00 bits per heavy atom. The molecular weight excluding hydrogens is 485 g/mol. The molecule has 0 aliphatic heterocycles. The van der Waals surface area contributed by atoms with Gasteiger partial charge in [-0.3, -0.25) is 14.3 Å². The van der Waals surface area contributed by atoms with E-state index in [2.05, 4.69) is 35.7 Å². The summed E-state index contributed by atoms with van der Waals surface area (Å²) in [6.07, 6.45) is 1.72. The van der Waals surface area contributed by atoms with Crippen LogP contribution in [0.5, 0.6) is 5.88 Å². The van der Waals surface area contributed by atoms with Crippen LogP contribution in [-0.4, -0.2) is 24.5 Å². The molecule has 0 aliphatic carbocycles. The van der Waals surface area contributed by atoms with Crippen molar-refractivity contribution in [1.82, 2.24) is 24.5 Å². The van der Waals surface area contributed by atoms with Crippen LogP contribution in [0.1, 0.15) is 43.8 Å². The highest BCUT2D eigenvalue weighted by Crippen LogP contribution is 2.29. The molecule has 4 aromatic rings. The summed E-state index contributed by atoms with van der Waals surface area (Å²) in [7, 11) is 0. The summed E-state index contributed by atoms with van der Waals surface area (Å²) in [6.45, 7) is 9.87. The monoisotopic (exact) mass is 509 g/mol. The van der Waals surface area contributed by atoms with Crippen LogP contribution in [0.25, 0.3) is 16.9 Å². The number of pyridine rings is 1. The van der Waals surface area contributed by atoms with Crippen LogP contribution in [-0.2, 0) is 12.0 Å². The molecule has 0 unspecified atom stereocenters. The minimum absolute atomic E-state index is 0.0478. The molecule has 0 saturated carbocycles. The number of aromatic nitrogens is 5. The van der Waals surface area contributed by atoms with Crippen molar-refractivity contribution in [2.45, 2.75) is 46.6 Å². The SMILES string of the molecule is Cc1cccc(COc2nc(C)n(-c3cc(-c4ccnc(C(C)(C)C)n4)ccc3Cl)c(=O)c2Cl)n1. The molecule has 7 nitrogen and oxygen atoms in total. The van der Waals surface area contributed by atoms with E-state index in [9.17, 15) is 4.79 Å². The number of hydrogen-bond acceptors (Lipinski definition) is 6. The molecule has 0 radical (unpaired) electrons. The van der Waals surface area contributed by atoms with Crippen molar-refractivity contribution in [2.75, 3.05) is 0 Å². The zero-order valence-corrected chi connectivity index (χ0v) is 21.6. The number of rotatable bonds is 5. The van der Waals surface area contributed by atoms with Gasteiger partial charge in [-0.2, -0.15) is 4.98 Å². The molecule has 0 atom stereocenters. The maximum Gasteiger partial charge on any atom is 0.280 e. The molecule has 0 N–H and O–H groups in total. The van der Waals surface area contributed by atoms with Gasteiger partial charge >= 0.3 is 0 Å². The van der Waals surface area contributed by atoms with Gasteiger partial charge in [0.2, 0.25) is 5.88 Å². The molecule has 0 saturated heterocycles. The quantitative estimate of drug-likeness (QED) is 0.333. The molecule has 0 bridgehead atoms. The lowest BCUT2D eigenvalue weighted by Gasteiger charge is -2.18. The van der Waals surface area contributed by atoms with Crippen molar-refractivity contribution >= 4 is 23.2 Å². The normalized spacial score (nSPS) is 11.5. The molecule has 0 spiro atoms. The fourth-order valence-corrected chi connectivity index (χ4v) is 3.89.